The largest absolute Gasteiger partial charge is 0.337 e. The van der Waals surface area contributed by atoms with Crippen molar-refractivity contribution in [1.82, 2.24) is 19.9 Å². The van der Waals surface area contributed by atoms with Crippen molar-refractivity contribution in [3.05, 3.63) is 74.8 Å². The summed E-state index contributed by atoms with van der Waals surface area (Å²) in [7, 11) is 0. The fourth-order valence-electron chi connectivity index (χ4n) is 2.52. The van der Waals surface area contributed by atoms with Crippen LogP contribution in [0.1, 0.15) is 34.1 Å². The molecule has 24 heavy (non-hydrogen) atoms. The second-order valence-corrected chi connectivity index (χ2v) is 5.62. The molecule has 0 bridgehead atoms. The van der Waals surface area contributed by atoms with Crippen molar-refractivity contribution in [2.24, 2.45) is 5.73 Å². The summed E-state index contributed by atoms with van der Waals surface area (Å²) >= 11 is 0. The first-order valence-electron chi connectivity index (χ1n) is 7.71. The summed E-state index contributed by atoms with van der Waals surface area (Å²) in [5, 5.41) is 8.26. The molecule has 2 aromatic heterocycles. The third-order valence-electron chi connectivity index (χ3n) is 3.96. The zero-order valence-corrected chi connectivity index (χ0v) is 13.7. The molecule has 7 heteroatoms. The lowest BCUT2D eigenvalue weighted by Gasteiger charge is -2.09. The van der Waals surface area contributed by atoms with E-state index >= 15 is 0 Å². The van der Waals surface area contributed by atoms with Gasteiger partial charge in [-0.25, -0.2) is 4.68 Å². The summed E-state index contributed by atoms with van der Waals surface area (Å²) in [6.45, 7) is 4.01. The Balaban J connectivity index is 1.83. The zero-order valence-electron chi connectivity index (χ0n) is 13.7. The van der Waals surface area contributed by atoms with Gasteiger partial charge in [0.1, 0.15) is 6.54 Å². The van der Waals surface area contributed by atoms with Crippen molar-refractivity contribution in [2.75, 3.05) is 0 Å². The van der Waals surface area contributed by atoms with E-state index in [-0.39, 0.29) is 18.6 Å². The van der Waals surface area contributed by atoms with E-state index in [2.05, 4.69) is 15.2 Å². The molecule has 3 rings (SSSR count). The molecule has 1 aromatic carbocycles. The molecule has 2 heterocycles. The van der Waals surface area contributed by atoms with Crippen LogP contribution in [0.2, 0.25) is 0 Å². The van der Waals surface area contributed by atoms with Crippen LogP contribution >= 0.6 is 0 Å². The average molecular weight is 325 g/mol. The Morgan fingerprint density at radius 3 is 2.67 bits per heavy atom. The Labute approximate surface area is 139 Å². The quantitative estimate of drug-likeness (QED) is 0.760. The lowest BCUT2D eigenvalue weighted by Crippen LogP contribution is -2.30. The molecule has 0 amide bonds. The van der Waals surface area contributed by atoms with Crippen LogP contribution in [-0.4, -0.2) is 19.9 Å². The van der Waals surface area contributed by atoms with Gasteiger partial charge in [0, 0.05) is 18.5 Å². The molecular formula is C17H19N5O2. The van der Waals surface area contributed by atoms with Gasteiger partial charge < -0.3 is 10.3 Å². The first-order valence-corrected chi connectivity index (χ1v) is 7.71. The van der Waals surface area contributed by atoms with Crippen molar-refractivity contribution in [2.45, 2.75) is 33.4 Å². The third-order valence-corrected chi connectivity index (χ3v) is 3.96. The van der Waals surface area contributed by atoms with Crippen molar-refractivity contribution in [3.63, 3.8) is 0 Å². The molecule has 0 fully saturated rings. The smallest absolute Gasteiger partial charge is 0.272 e. The summed E-state index contributed by atoms with van der Waals surface area (Å²) < 4.78 is 6.57. The lowest BCUT2D eigenvalue weighted by atomic mass is 10.1. The summed E-state index contributed by atoms with van der Waals surface area (Å²) in [5.74, 6) is 0.925. The van der Waals surface area contributed by atoms with Gasteiger partial charge in [0.05, 0.1) is 5.69 Å². The molecule has 124 valence electrons. The predicted octanol–water partition coefficient (Wildman–Crippen LogP) is 1.34. The van der Waals surface area contributed by atoms with Gasteiger partial charge >= 0.3 is 0 Å². The van der Waals surface area contributed by atoms with Crippen molar-refractivity contribution < 1.29 is 4.52 Å². The van der Waals surface area contributed by atoms with Gasteiger partial charge in [0.25, 0.3) is 5.56 Å². The maximum Gasteiger partial charge on any atom is 0.272 e. The molecule has 0 saturated carbocycles. The maximum absolute atomic E-state index is 12.4. The topological polar surface area (TPSA) is 99.8 Å². The van der Waals surface area contributed by atoms with Crippen LogP contribution in [0.3, 0.4) is 0 Å². The van der Waals surface area contributed by atoms with Crippen LogP contribution in [-0.2, 0) is 19.5 Å². The Kier molecular flexibility index (Phi) is 4.52. The van der Waals surface area contributed by atoms with Crippen LogP contribution in [0.25, 0.3) is 0 Å². The number of benzene rings is 1. The second kappa shape index (κ2) is 6.76. The predicted molar refractivity (Wildman–Crippen MR) is 88.5 cm³/mol. The highest BCUT2D eigenvalue weighted by Gasteiger charge is 2.14. The number of nitrogens with two attached hydrogens (primary N) is 1. The van der Waals surface area contributed by atoms with Gasteiger partial charge in [-0.05, 0) is 25.0 Å². The second-order valence-electron chi connectivity index (χ2n) is 5.62. The molecule has 0 radical (unpaired) electrons. The molecule has 0 aliphatic heterocycles. The highest BCUT2D eigenvalue weighted by Crippen LogP contribution is 2.09. The molecule has 3 aromatic rings. The van der Waals surface area contributed by atoms with Crippen LogP contribution in [0.15, 0.2) is 39.6 Å². The number of aromatic nitrogens is 4. The first kappa shape index (κ1) is 16.1. The van der Waals surface area contributed by atoms with Crippen LogP contribution < -0.4 is 11.3 Å². The summed E-state index contributed by atoms with van der Waals surface area (Å²) in [6, 6.07) is 9.88. The fraction of sp³-hybridized carbons (Fsp3) is 0.294. The molecule has 0 aliphatic rings. The monoisotopic (exact) mass is 325 g/mol. The molecule has 0 atom stereocenters. The van der Waals surface area contributed by atoms with Crippen LogP contribution in [0, 0.1) is 13.8 Å². The molecule has 0 unspecified atom stereocenters. The summed E-state index contributed by atoms with van der Waals surface area (Å²) in [6.07, 6.45) is 0.577. The average Bonchev–Trinajstić information content (AvgIpc) is 3.01. The van der Waals surface area contributed by atoms with E-state index in [4.69, 9.17) is 10.3 Å². The maximum atomic E-state index is 12.4. The lowest BCUT2D eigenvalue weighted by molar-refractivity contribution is 0.358. The molecule has 0 spiro atoms. The number of hydrogen-bond donors (Lipinski definition) is 1. The van der Waals surface area contributed by atoms with Crippen molar-refractivity contribution >= 4 is 0 Å². The molecule has 7 nitrogen and oxygen atoms in total. The van der Waals surface area contributed by atoms with E-state index in [1.165, 1.54) is 4.68 Å². The fourth-order valence-corrected chi connectivity index (χ4v) is 2.52. The van der Waals surface area contributed by atoms with Gasteiger partial charge in [0.15, 0.2) is 5.82 Å². The zero-order chi connectivity index (χ0) is 17.1. The summed E-state index contributed by atoms with van der Waals surface area (Å²) in [5.41, 5.74) is 8.71. The van der Waals surface area contributed by atoms with E-state index in [0.29, 0.717) is 23.7 Å². The highest BCUT2D eigenvalue weighted by atomic mass is 16.5. The first-order chi connectivity index (χ1) is 11.6. The Bertz CT molecular complexity index is 899. The van der Waals surface area contributed by atoms with Crippen molar-refractivity contribution in [1.29, 1.82) is 0 Å². The Morgan fingerprint density at radius 1 is 1.21 bits per heavy atom. The highest BCUT2D eigenvalue weighted by molar-refractivity contribution is 5.25. The minimum Gasteiger partial charge on any atom is -0.337 e. The van der Waals surface area contributed by atoms with Gasteiger partial charge in [-0.1, -0.05) is 35.5 Å². The number of hydrogen-bond acceptors (Lipinski definition) is 6. The van der Waals surface area contributed by atoms with E-state index in [0.717, 1.165) is 16.8 Å². The third kappa shape index (κ3) is 3.26. The van der Waals surface area contributed by atoms with E-state index in [1.807, 2.05) is 44.2 Å². The minimum atomic E-state index is -0.219. The van der Waals surface area contributed by atoms with Crippen LogP contribution in [0.4, 0.5) is 0 Å². The van der Waals surface area contributed by atoms with Gasteiger partial charge in [-0.15, -0.1) is 0 Å². The number of nitrogens with zero attached hydrogens (tertiary/aromatic N) is 4. The molecule has 0 aliphatic carbocycles. The minimum absolute atomic E-state index is 0.134. The standard InChI is InChI=1S/C17H19N5O2/c1-11-12(2)20-22(17(23)14(11)9-18)10-16-19-15(21-24-16)8-13-6-4-3-5-7-13/h3-7H,8-10,18H2,1-2H3. The molecule has 2 N–H and O–H groups in total. The number of aryl methyl sites for hydroxylation is 1. The summed E-state index contributed by atoms with van der Waals surface area (Å²) in [4.78, 5) is 16.7. The van der Waals surface area contributed by atoms with E-state index in [1.54, 1.807) is 0 Å². The Morgan fingerprint density at radius 2 is 1.96 bits per heavy atom. The van der Waals surface area contributed by atoms with Gasteiger partial charge in [0.2, 0.25) is 5.89 Å². The molecular weight excluding hydrogens is 306 g/mol. The normalized spacial score (nSPS) is 11.0. The molecule has 0 saturated heterocycles. The SMILES string of the molecule is Cc1nn(Cc2nc(Cc3ccccc3)no2)c(=O)c(CN)c1C. The van der Waals surface area contributed by atoms with E-state index in [9.17, 15) is 4.79 Å². The van der Waals surface area contributed by atoms with Crippen LogP contribution in [0.5, 0.6) is 0 Å². The van der Waals surface area contributed by atoms with Gasteiger partial charge in [-0.2, -0.15) is 10.1 Å². The van der Waals surface area contributed by atoms with Gasteiger partial charge in [-0.3, -0.25) is 4.79 Å². The van der Waals surface area contributed by atoms with Crippen molar-refractivity contribution in [3.8, 4) is 0 Å². The van der Waals surface area contributed by atoms with E-state index < -0.39 is 0 Å². The number of rotatable bonds is 5. The Hall–Kier alpha value is -2.80.